The summed E-state index contributed by atoms with van der Waals surface area (Å²) in [6.07, 6.45) is -0.991. The van der Waals surface area contributed by atoms with Crippen LogP contribution in [0.5, 0.6) is 11.5 Å². The SMILES string of the molecule is CC(=O)C1Cc2c(O)c3c(c(O)c2[C@@H](OC2C[C@H](N4CCOCC4O)CCO2)C1)C(=O)c1c(NCCN)cccc1C3=O.CO. The lowest BCUT2D eigenvalue weighted by Gasteiger charge is -2.43. The Morgan fingerprint density at radius 3 is 2.56 bits per heavy atom. The normalized spacial score (nSPS) is 26.2. The Hall–Kier alpha value is -3.43. The zero-order chi connectivity index (χ0) is 32.4. The maximum Gasteiger partial charge on any atom is 0.200 e. The number of hydrogen-bond acceptors (Lipinski definition) is 13. The average Bonchev–Trinajstić information content (AvgIpc) is 3.05. The van der Waals surface area contributed by atoms with Crippen molar-refractivity contribution >= 4 is 23.0 Å². The topological polar surface area (TPSA) is 201 Å². The minimum Gasteiger partial charge on any atom is -0.507 e. The lowest BCUT2D eigenvalue weighted by molar-refractivity contribution is -0.220. The van der Waals surface area contributed by atoms with Gasteiger partial charge in [-0.1, -0.05) is 12.1 Å². The standard InChI is InChI=1S/C31H37N3O9.CH4O/c1-15(35)16-11-19-25(21(12-16)43-23-13-17(5-9-42-23)34-8-10-41-14-22(34)36)31(40)27-26(29(19)38)28(37)18-3-2-4-20(33-7-6-32)24(18)30(27)39;1-2/h2-4,16-17,21-23,33,36,38,40H,5-14,32H2,1H3;2H,1H3/t16?,17-,21+,22?,23?;/m1./s1. The summed E-state index contributed by atoms with van der Waals surface area (Å²) < 4.78 is 17.7. The number of morpholine rings is 1. The van der Waals surface area contributed by atoms with E-state index >= 15 is 0 Å². The van der Waals surface area contributed by atoms with Gasteiger partial charge in [-0.15, -0.1) is 0 Å². The van der Waals surface area contributed by atoms with E-state index in [0.717, 1.165) is 7.11 Å². The molecule has 2 fully saturated rings. The number of ketones is 3. The summed E-state index contributed by atoms with van der Waals surface area (Å²) in [6.45, 7) is 3.78. The summed E-state index contributed by atoms with van der Waals surface area (Å²) in [4.78, 5) is 42.3. The Kier molecular flexibility index (Phi) is 10.2. The Bertz CT molecular complexity index is 1460. The molecule has 4 aliphatic rings. The minimum absolute atomic E-state index is 0.0370. The second kappa shape index (κ2) is 13.9. The maximum absolute atomic E-state index is 14.0. The smallest absolute Gasteiger partial charge is 0.200 e. The molecule has 0 aromatic heterocycles. The number of carbonyl (C=O) groups excluding carboxylic acids is 3. The van der Waals surface area contributed by atoms with Crippen LogP contribution in [0.25, 0.3) is 0 Å². The van der Waals surface area contributed by atoms with E-state index in [1.807, 2.05) is 4.90 Å². The highest BCUT2D eigenvalue weighted by Gasteiger charge is 2.44. The molecule has 0 spiro atoms. The molecule has 7 N–H and O–H groups in total. The number of hydrogen-bond donors (Lipinski definition) is 6. The van der Waals surface area contributed by atoms with E-state index < -0.39 is 47.6 Å². The molecule has 6 rings (SSSR count). The number of ether oxygens (including phenoxy) is 3. The molecule has 2 aromatic rings. The van der Waals surface area contributed by atoms with Gasteiger partial charge in [0.05, 0.1) is 42.6 Å². The van der Waals surface area contributed by atoms with Gasteiger partial charge in [0.2, 0.25) is 0 Å². The Morgan fingerprint density at radius 1 is 1.09 bits per heavy atom. The molecule has 2 aromatic carbocycles. The number of aliphatic hydroxyl groups is 2. The number of aromatic hydroxyl groups is 2. The molecule has 2 heterocycles. The summed E-state index contributed by atoms with van der Waals surface area (Å²) in [6, 6.07) is 4.76. The van der Waals surface area contributed by atoms with Crippen molar-refractivity contribution in [2.75, 3.05) is 51.9 Å². The number of nitrogens with one attached hydrogen (secondary N) is 1. The van der Waals surface area contributed by atoms with Crippen molar-refractivity contribution in [3.05, 3.63) is 51.6 Å². The number of nitrogens with two attached hydrogens (primary N) is 1. The summed E-state index contributed by atoms with van der Waals surface area (Å²) in [7, 11) is 1.00. The van der Waals surface area contributed by atoms with Crippen LogP contribution in [-0.4, -0.2) is 108 Å². The highest BCUT2D eigenvalue weighted by Crippen LogP contribution is 2.51. The first kappa shape index (κ1) is 32.9. The first-order chi connectivity index (χ1) is 21.7. The van der Waals surface area contributed by atoms with Crippen LogP contribution < -0.4 is 11.1 Å². The third kappa shape index (κ3) is 6.09. The van der Waals surface area contributed by atoms with Crippen molar-refractivity contribution in [1.29, 1.82) is 0 Å². The zero-order valence-corrected chi connectivity index (χ0v) is 25.5. The number of phenols is 2. The Morgan fingerprint density at radius 2 is 1.84 bits per heavy atom. The van der Waals surface area contributed by atoms with E-state index in [2.05, 4.69) is 5.32 Å². The molecule has 3 unspecified atom stereocenters. The zero-order valence-electron chi connectivity index (χ0n) is 25.5. The first-order valence-electron chi connectivity index (χ1n) is 15.2. The average molecular weight is 628 g/mol. The van der Waals surface area contributed by atoms with Crippen molar-refractivity contribution in [3.8, 4) is 11.5 Å². The number of nitrogens with zero attached hydrogens (tertiary/aromatic N) is 1. The van der Waals surface area contributed by atoms with Gasteiger partial charge in [0.1, 0.15) is 23.5 Å². The van der Waals surface area contributed by atoms with Gasteiger partial charge < -0.3 is 45.7 Å². The van der Waals surface area contributed by atoms with Crippen LogP contribution in [0.2, 0.25) is 0 Å². The predicted octanol–water partition coefficient (Wildman–Crippen LogP) is 1.22. The molecule has 0 radical (unpaired) electrons. The quantitative estimate of drug-likeness (QED) is 0.204. The van der Waals surface area contributed by atoms with Crippen LogP contribution in [-0.2, 0) is 25.4 Å². The fourth-order valence-electron chi connectivity index (χ4n) is 6.88. The Balaban J connectivity index is 0.00000196. The number of anilines is 1. The van der Waals surface area contributed by atoms with Crippen LogP contribution in [0.4, 0.5) is 5.69 Å². The first-order valence-corrected chi connectivity index (χ1v) is 15.2. The van der Waals surface area contributed by atoms with Gasteiger partial charge in [-0.3, -0.25) is 19.3 Å². The molecular weight excluding hydrogens is 586 g/mol. The van der Waals surface area contributed by atoms with Crippen molar-refractivity contribution in [3.63, 3.8) is 0 Å². The number of phenolic OH excluding ortho intramolecular Hbond substituents is 2. The van der Waals surface area contributed by atoms with E-state index in [-0.39, 0.29) is 64.7 Å². The van der Waals surface area contributed by atoms with Crippen LogP contribution >= 0.6 is 0 Å². The van der Waals surface area contributed by atoms with Gasteiger partial charge in [0, 0.05) is 67.5 Å². The third-order valence-corrected chi connectivity index (χ3v) is 9.03. The van der Waals surface area contributed by atoms with Crippen molar-refractivity contribution in [1.82, 2.24) is 4.90 Å². The van der Waals surface area contributed by atoms with Crippen molar-refractivity contribution in [2.45, 2.75) is 57.3 Å². The summed E-state index contributed by atoms with van der Waals surface area (Å²) in [5.41, 5.74) is 6.08. The van der Waals surface area contributed by atoms with E-state index in [0.29, 0.717) is 51.4 Å². The molecule has 45 heavy (non-hydrogen) atoms. The van der Waals surface area contributed by atoms with Crippen LogP contribution in [0.15, 0.2) is 18.2 Å². The number of carbonyl (C=O) groups is 3. The van der Waals surface area contributed by atoms with E-state index in [1.165, 1.54) is 13.0 Å². The summed E-state index contributed by atoms with van der Waals surface area (Å²) >= 11 is 0. The summed E-state index contributed by atoms with van der Waals surface area (Å²) in [5.74, 6) is -2.74. The van der Waals surface area contributed by atoms with Gasteiger partial charge in [-0.05, 0) is 32.3 Å². The number of fused-ring (bicyclic) bond motifs is 3. The minimum atomic E-state index is -0.901. The van der Waals surface area contributed by atoms with Gasteiger partial charge in [-0.25, -0.2) is 0 Å². The van der Waals surface area contributed by atoms with Gasteiger partial charge in [-0.2, -0.15) is 0 Å². The molecule has 2 saturated heterocycles. The molecule has 13 nitrogen and oxygen atoms in total. The maximum atomic E-state index is 14.0. The number of rotatable bonds is 7. The lowest BCUT2D eigenvalue weighted by Crippen LogP contribution is -2.53. The predicted molar refractivity (Wildman–Crippen MR) is 161 cm³/mol. The monoisotopic (exact) mass is 627 g/mol. The van der Waals surface area contributed by atoms with Crippen LogP contribution in [0, 0.1) is 5.92 Å². The van der Waals surface area contributed by atoms with E-state index in [4.69, 9.17) is 25.1 Å². The molecular formula is C32H41N3O10. The molecule has 0 bridgehead atoms. The number of Topliss-reactive ketones (excluding diaryl/α,β-unsaturated/α-hetero) is 1. The molecule has 0 amide bonds. The molecule has 2 aliphatic carbocycles. The lowest BCUT2D eigenvalue weighted by atomic mass is 9.73. The van der Waals surface area contributed by atoms with Crippen molar-refractivity contribution < 1.29 is 49.0 Å². The van der Waals surface area contributed by atoms with Crippen LogP contribution in [0.3, 0.4) is 0 Å². The van der Waals surface area contributed by atoms with Gasteiger partial charge in [0.25, 0.3) is 0 Å². The largest absolute Gasteiger partial charge is 0.507 e. The number of benzene rings is 2. The second-order valence-corrected chi connectivity index (χ2v) is 11.6. The number of aliphatic hydroxyl groups excluding tert-OH is 2. The fourth-order valence-corrected chi connectivity index (χ4v) is 6.88. The van der Waals surface area contributed by atoms with Crippen molar-refractivity contribution in [2.24, 2.45) is 11.7 Å². The summed E-state index contributed by atoms with van der Waals surface area (Å²) in [5, 5.41) is 43.8. The molecule has 2 aliphatic heterocycles. The van der Waals surface area contributed by atoms with E-state index in [1.54, 1.807) is 12.1 Å². The molecule has 13 heteroatoms. The van der Waals surface area contributed by atoms with Crippen LogP contribution in [0.1, 0.15) is 75.3 Å². The third-order valence-electron chi connectivity index (χ3n) is 9.03. The molecule has 244 valence electrons. The van der Waals surface area contributed by atoms with Gasteiger partial charge in [0.15, 0.2) is 17.9 Å². The van der Waals surface area contributed by atoms with Gasteiger partial charge >= 0.3 is 0 Å². The Labute approximate surface area is 260 Å². The highest BCUT2D eigenvalue weighted by atomic mass is 16.7. The highest BCUT2D eigenvalue weighted by molar-refractivity contribution is 6.32. The molecule has 5 atom stereocenters. The molecule has 0 saturated carbocycles. The second-order valence-electron chi connectivity index (χ2n) is 11.6. The van der Waals surface area contributed by atoms with E-state index in [9.17, 15) is 29.7 Å². The fraction of sp³-hybridized carbons (Fsp3) is 0.531.